The average Bonchev–Trinajstić information content (AvgIpc) is 2.76. The fraction of sp³-hybridized carbons (Fsp3) is 0.625. The second-order valence-corrected chi connectivity index (χ2v) is 6.24. The molecule has 2 atom stereocenters. The van der Waals surface area contributed by atoms with Gasteiger partial charge in [0.25, 0.3) is 0 Å². The molecular formula is C16H25ClN2O. The molecule has 1 aromatic rings. The van der Waals surface area contributed by atoms with Crippen LogP contribution < -0.4 is 10.2 Å². The predicted octanol–water partition coefficient (Wildman–Crippen LogP) is 3.17. The maximum Gasteiger partial charge on any atom is 0.0587 e. The van der Waals surface area contributed by atoms with Gasteiger partial charge in [-0.1, -0.05) is 31.5 Å². The van der Waals surface area contributed by atoms with Crippen molar-refractivity contribution < 1.29 is 4.74 Å². The Morgan fingerprint density at radius 3 is 2.65 bits per heavy atom. The van der Waals surface area contributed by atoms with Crippen LogP contribution in [0.15, 0.2) is 18.2 Å². The standard InChI is InChI=1S/C16H25ClN2O/c1-12-10-19(11-13(12)2)16-8-15(17)5-4-14(16)9-18-6-7-20-3/h4-5,8,12-13,18H,6-7,9-11H2,1-3H3. The van der Waals surface area contributed by atoms with Crippen molar-refractivity contribution in [3.05, 3.63) is 28.8 Å². The summed E-state index contributed by atoms with van der Waals surface area (Å²) in [5.74, 6) is 1.48. The summed E-state index contributed by atoms with van der Waals surface area (Å²) in [6.07, 6.45) is 0. The third kappa shape index (κ3) is 3.87. The molecule has 1 saturated heterocycles. The third-order valence-electron chi connectivity index (χ3n) is 4.17. The maximum absolute atomic E-state index is 6.18. The zero-order valence-corrected chi connectivity index (χ0v) is 13.4. The van der Waals surface area contributed by atoms with Crippen LogP contribution in [0.3, 0.4) is 0 Å². The number of nitrogens with one attached hydrogen (secondary N) is 1. The van der Waals surface area contributed by atoms with Gasteiger partial charge in [-0.05, 0) is 29.5 Å². The lowest BCUT2D eigenvalue weighted by Gasteiger charge is -2.22. The zero-order chi connectivity index (χ0) is 14.5. The molecular weight excluding hydrogens is 272 g/mol. The summed E-state index contributed by atoms with van der Waals surface area (Å²) in [7, 11) is 1.72. The summed E-state index contributed by atoms with van der Waals surface area (Å²) in [6.45, 7) is 9.35. The van der Waals surface area contributed by atoms with E-state index in [0.717, 1.165) is 49.6 Å². The van der Waals surface area contributed by atoms with Crippen LogP contribution in [-0.4, -0.2) is 33.4 Å². The zero-order valence-electron chi connectivity index (χ0n) is 12.7. The van der Waals surface area contributed by atoms with E-state index in [4.69, 9.17) is 16.3 Å². The lowest BCUT2D eigenvalue weighted by Crippen LogP contribution is -2.24. The van der Waals surface area contributed by atoms with E-state index in [2.05, 4.69) is 36.2 Å². The minimum absolute atomic E-state index is 0.737. The summed E-state index contributed by atoms with van der Waals surface area (Å²) in [5, 5.41) is 4.23. The first-order chi connectivity index (χ1) is 9.61. The predicted molar refractivity (Wildman–Crippen MR) is 85.6 cm³/mol. The lowest BCUT2D eigenvalue weighted by molar-refractivity contribution is 0.199. The molecule has 1 N–H and O–H groups in total. The lowest BCUT2D eigenvalue weighted by atomic mass is 10.0. The molecule has 3 nitrogen and oxygen atoms in total. The summed E-state index contributed by atoms with van der Waals surface area (Å²) < 4.78 is 5.06. The van der Waals surface area contributed by atoms with Crippen LogP contribution >= 0.6 is 11.6 Å². The number of rotatable bonds is 6. The minimum atomic E-state index is 0.737. The van der Waals surface area contributed by atoms with Gasteiger partial charge in [-0.3, -0.25) is 0 Å². The maximum atomic E-state index is 6.18. The molecule has 1 aliphatic heterocycles. The fourth-order valence-corrected chi connectivity index (χ4v) is 2.87. The van der Waals surface area contributed by atoms with Crippen molar-refractivity contribution in [2.75, 3.05) is 38.3 Å². The topological polar surface area (TPSA) is 24.5 Å². The molecule has 112 valence electrons. The number of nitrogens with zero attached hydrogens (tertiary/aromatic N) is 1. The first-order valence-electron chi connectivity index (χ1n) is 7.35. The Labute approximate surface area is 127 Å². The molecule has 0 aliphatic carbocycles. The molecule has 1 heterocycles. The van der Waals surface area contributed by atoms with E-state index in [1.165, 1.54) is 11.3 Å². The van der Waals surface area contributed by atoms with Crippen LogP contribution in [0, 0.1) is 11.8 Å². The van der Waals surface area contributed by atoms with Crippen molar-refractivity contribution >= 4 is 17.3 Å². The Kier molecular flexibility index (Phi) is 5.70. The molecule has 0 aromatic heterocycles. The highest BCUT2D eigenvalue weighted by atomic mass is 35.5. The van der Waals surface area contributed by atoms with E-state index in [9.17, 15) is 0 Å². The van der Waals surface area contributed by atoms with Crippen molar-refractivity contribution in [3.8, 4) is 0 Å². The highest BCUT2D eigenvalue weighted by molar-refractivity contribution is 6.30. The first kappa shape index (κ1) is 15.6. The van der Waals surface area contributed by atoms with Gasteiger partial charge in [0, 0.05) is 44.0 Å². The number of halogens is 1. The van der Waals surface area contributed by atoms with Crippen molar-refractivity contribution in [2.24, 2.45) is 11.8 Å². The molecule has 2 unspecified atom stereocenters. The molecule has 0 spiro atoms. The van der Waals surface area contributed by atoms with E-state index in [1.807, 2.05) is 6.07 Å². The molecule has 2 rings (SSSR count). The van der Waals surface area contributed by atoms with Crippen LogP contribution in [0.5, 0.6) is 0 Å². The summed E-state index contributed by atoms with van der Waals surface area (Å²) >= 11 is 6.18. The van der Waals surface area contributed by atoms with Gasteiger partial charge < -0.3 is 15.0 Å². The fourth-order valence-electron chi connectivity index (χ4n) is 2.70. The third-order valence-corrected chi connectivity index (χ3v) is 4.41. The van der Waals surface area contributed by atoms with Gasteiger partial charge in [0.15, 0.2) is 0 Å². The minimum Gasteiger partial charge on any atom is -0.383 e. The number of anilines is 1. The molecule has 0 bridgehead atoms. The van der Waals surface area contributed by atoms with E-state index in [1.54, 1.807) is 7.11 Å². The Morgan fingerprint density at radius 1 is 1.30 bits per heavy atom. The van der Waals surface area contributed by atoms with E-state index >= 15 is 0 Å². The smallest absolute Gasteiger partial charge is 0.0587 e. The van der Waals surface area contributed by atoms with Crippen LogP contribution in [0.4, 0.5) is 5.69 Å². The van der Waals surface area contributed by atoms with Crippen LogP contribution in [0.2, 0.25) is 5.02 Å². The van der Waals surface area contributed by atoms with Crippen molar-refractivity contribution in [3.63, 3.8) is 0 Å². The summed E-state index contributed by atoms with van der Waals surface area (Å²) in [6, 6.07) is 6.20. The molecule has 0 saturated carbocycles. The van der Waals surface area contributed by atoms with E-state index in [0.29, 0.717) is 0 Å². The molecule has 0 amide bonds. The number of methoxy groups -OCH3 is 1. The van der Waals surface area contributed by atoms with Gasteiger partial charge in [0.1, 0.15) is 0 Å². The Morgan fingerprint density at radius 2 is 2.00 bits per heavy atom. The van der Waals surface area contributed by atoms with Crippen LogP contribution in [-0.2, 0) is 11.3 Å². The van der Waals surface area contributed by atoms with Gasteiger partial charge in [0.05, 0.1) is 6.61 Å². The Bertz CT molecular complexity index is 428. The molecule has 20 heavy (non-hydrogen) atoms. The van der Waals surface area contributed by atoms with Gasteiger partial charge in [0.2, 0.25) is 0 Å². The first-order valence-corrected chi connectivity index (χ1v) is 7.72. The summed E-state index contributed by atoms with van der Waals surface area (Å²) in [5.41, 5.74) is 2.59. The molecule has 1 aromatic carbocycles. The summed E-state index contributed by atoms with van der Waals surface area (Å²) in [4.78, 5) is 2.47. The SMILES string of the molecule is COCCNCc1ccc(Cl)cc1N1CC(C)C(C)C1. The molecule has 1 aliphatic rings. The quantitative estimate of drug-likeness (QED) is 0.816. The highest BCUT2D eigenvalue weighted by Crippen LogP contribution is 2.32. The van der Waals surface area contributed by atoms with Crippen molar-refractivity contribution in [2.45, 2.75) is 20.4 Å². The highest BCUT2D eigenvalue weighted by Gasteiger charge is 2.27. The largest absolute Gasteiger partial charge is 0.383 e. The van der Waals surface area contributed by atoms with Crippen molar-refractivity contribution in [1.29, 1.82) is 0 Å². The monoisotopic (exact) mass is 296 g/mol. The molecule has 1 fully saturated rings. The second-order valence-electron chi connectivity index (χ2n) is 5.80. The number of ether oxygens (including phenoxy) is 1. The van der Waals surface area contributed by atoms with Gasteiger partial charge >= 0.3 is 0 Å². The molecule has 0 radical (unpaired) electrons. The number of hydrogen-bond acceptors (Lipinski definition) is 3. The molecule has 4 heteroatoms. The second kappa shape index (κ2) is 7.30. The van der Waals surface area contributed by atoms with Crippen LogP contribution in [0.25, 0.3) is 0 Å². The van der Waals surface area contributed by atoms with Gasteiger partial charge in [-0.2, -0.15) is 0 Å². The normalized spacial score (nSPS) is 22.5. The van der Waals surface area contributed by atoms with Gasteiger partial charge in [-0.25, -0.2) is 0 Å². The van der Waals surface area contributed by atoms with E-state index in [-0.39, 0.29) is 0 Å². The number of hydrogen-bond donors (Lipinski definition) is 1. The number of benzene rings is 1. The average molecular weight is 297 g/mol. The van der Waals surface area contributed by atoms with Crippen molar-refractivity contribution in [1.82, 2.24) is 5.32 Å². The Balaban J connectivity index is 2.08. The Hall–Kier alpha value is -0.770. The van der Waals surface area contributed by atoms with E-state index < -0.39 is 0 Å². The van der Waals surface area contributed by atoms with Gasteiger partial charge in [-0.15, -0.1) is 0 Å². The van der Waals surface area contributed by atoms with Crippen LogP contribution in [0.1, 0.15) is 19.4 Å².